The van der Waals surface area contributed by atoms with Gasteiger partial charge in [-0.05, 0) is 24.5 Å². The number of imidazole rings is 1. The van der Waals surface area contributed by atoms with Crippen LogP contribution in [0, 0.1) is 5.92 Å². The zero-order valence-electron chi connectivity index (χ0n) is 15.2. The van der Waals surface area contributed by atoms with Crippen molar-refractivity contribution < 1.29 is 0 Å². The van der Waals surface area contributed by atoms with Gasteiger partial charge in [0.15, 0.2) is 10.9 Å². The van der Waals surface area contributed by atoms with Gasteiger partial charge in [0, 0.05) is 48.6 Å². The van der Waals surface area contributed by atoms with E-state index in [9.17, 15) is 0 Å². The van der Waals surface area contributed by atoms with Crippen molar-refractivity contribution >= 4 is 58.0 Å². The lowest BCUT2D eigenvalue weighted by atomic mass is 10.2. The van der Waals surface area contributed by atoms with Crippen LogP contribution in [0.15, 0.2) is 58.0 Å². The van der Waals surface area contributed by atoms with Gasteiger partial charge in [-0.3, -0.25) is 9.39 Å². The Morgan fingerprint density at radius 3 is 3.00 bits per heavy atom. The fourth-order valence-corrected chi connectivity index (χ4v) is 5.02. The lowest BCUT2D eigenvalue weighted by Gasteiger charge is -2.21. The molecular weight excluding hydrogens is 489 g/mol. The number of thioether (sulfide) groups is 1. The van der Waals surface area contributed by atoms with Crippen molar-refractivity contribution in [2.75, 3.05) is 25.9 Å². The summed E-state index contributed by atoms with van der Waals surface area (Å²) in [5.41, 5.74) is 1.05. The average Bonchev–Trinajstić information content (AvgIpc) is 3.38. The Kier molecular flexibility index (Phi) is 7.42. The molecule has 8 heteroatoms. The van der Waals surface area contributed by atoms with Crippen molar-refractivity contribution in [3.8, 4) is 0 Å². The van der Waals surface area contributed by atoms with Crippen LogP contribution in [0.25, 0.3) is 4.96 Å². The number of rotatable bonds is 5. The molecule has 3 heterocycles. The molecule has 0 aliphatic carbocycles. The predicted octanol–water partition coefficient (Wildman–Crippen LogP) is 4.20. The molecule has 0 radical (unpaired) electrons. The monoisotopic (exact) mass is 513 g/mol. The molecular formula is C19H24IN5S2. The Balaban J connectivity index is 0.00000210. The van der Waals surface area contributed by atoms with Crippen molar-refractivity contribution in [2.24, 2.45) is 10.9 Å². The van der Waals surface area contributed by atoms with Crippen LogP contribution in [0.1, 0.15) is 12.1 Å². The third-order valence-electron chi connectivity index (χ3n) is 4.60. The number of nitrogens with one attached hydrogen (secondary N) is 1. The van der Waals surface area contributed by atoms with Crippen molar-refractivity contribution in [1.82, 2.24) is 19.6 Å². The molecule has 0 bridgehead atoms. The number of aliphatic imine (C=N–C) groups is 1. The molecule has 0 amide bonds. The smallest absolute Gasteiger partial charge is 0.193 e. The molecule has 1 atom stereocenters. The summed E-state index contributed by atoms with van der Waals surface area (Å²) < 4.78 is 2.07. The third kappa shape index (κ3) is 5.17. The highest BCUT2D eigenvalue weighted by atomic mass is 127. The quantitative estimate of drug-likeness (QED) is 0.241. The highest BCUT2D eigenvalue weighted by molar-refractivity contribution is 14.0. The van der Waals surface area contributed by atoms with Gasteiger partial charge in [0.05, 0.1) is 12.2 Å². The molecule has 27 heavy (non-hydrogen) atoms. The van der Waals surface area contributed by atoms with Crippen LogP contribution in [-0.4, -0.2) is 46.1 Å². The first kappa shape index (κ1) is 20.5. The number of aromatic nitrogens is 2. The van der Waals surface area contributed by atoms with E-state index < -0.39 is 0 Å². The average molecular weight is 513 g/mol. The van der Waals surface area contributed by atoms with E-state index in [1.165, 1.54) is 11.3 Å². The molecule has 5 nitrogen and oxygen atoms in total. The molecule has 2 aromatic heterocycles. The highest BCUT2D eigenvalue weighted by Crippen LogP contribution is 2.25. The highest BCUT2D eigenvalue weighted by Gasteiger charge is 2.25. The summed E-state index contributed by atoms with van der Waals surface area (Å²) in [5, 5.41) is 5.52. The summed E-state index contributed by atoms with van der Waals surface area (Å²) in [6.07, 6.45) is 5.34. The number of benzene rings is 1. The van der Waals surface area contributed by atoms with E-state index in [1.807, 2.05) is 25.0 Å². The molecule has 1 fully saturated rings. The molecule has 1 aliphatic rings. The standard InChI is InChI=1S/C19H23N5S2.HI/c1-20-18(21-11-16-13-24-9-10-25-19(24)22-16)23-8-7-15(12-23)14-26-17-5-3-2-4-6-17;/h2-6,9-10,13,15H,7-8,11-12,14H2,1H3,(H,20,21);1H. The number of nitrogens with zero attached hydrogens (tertiary/aromatic N) is 4. The molecule has 1 N–H and O–H groups in total. The van der Waals surface area contributed by atoms with Gasteiger partial charge >= 0.3 is 0 Å². The molecule has 3 aromatic rings. The Morgan fingerprint density at radius 1 is 1.37 bits per heavy atom. The predicted molar refractivity (Wildman–Crippen MR) is 126 cm³/mol. The summed E-state index contributed by atoms with van der Waals surface area (Å²) in [6, 6.07) is 10.7. The first-order valence-corrected chi connectivity index (χ1v) is 10.7. The van der Waals surface area contributed by atoms with Crippen LogP contribution >= 0.6 is 47.1 Å². The minimum Gasteiger partial charge on any atom is -0.351 e. The first-order valence-electron chi connectivity index (χ1n) is 8.86. The minimum absolute atomic E-state index is 0. The number of fused-ring (bicyclic) bond motifs is 1. The maximum absolute atomic E-state index is 4.63. The fraction of sp³-hybridized carbons (Fsp3) is 0.368. The van der Waals surface area contributed by atoms with Gasteiger partial charge in [0.25, 0.3) is 0 Å². The van der Waals surface area contributed by atoms with Crippen molar-refractivity contribution in [3.63, 3.8) is 0 Å². The van der Waals surface area contributed by atoms with E-state index in [0.29, 0.717) is 12.5 Å². The summed E-state index contributed by atoms with van der Waals surface area (Å²) in [4.78, 5) is 13.9. The molecule has 0 saturated carbocycles. The number of likely N-dealkylation sites (tertiary alicyclic amines) is 1. The Hall–Kier alpha value is -1.26. The van der Waals surface area contributed by atoms with E-state index in [-0.39, 0.29) is 24.0 Å². The third-order valence-corrected chi connectivity index (χ3v) is 6.61. The first-order chi connectivity index (χ1) is 12.8. The Morgan fingerprint density at radius 2 is 2.22 bits per heavy atom. The molecule has 1 aromatic carbocycles. The van der Waals surface area contributed by atoms with Crippen LogP contribution in [-0.2, 0) is 6.54 Å². The maximum atomic E-state index is 4.63. The van der Waals surface area contributed by atoms with Crippen LogP contribution in [0.3, 0.4) is 0 Å². The van der Waals surface area contributed by atoms with Gasteiger partial charge in [0.2, 0.25) is 0 Å². The molecule has 0 spiro atoms. The van der Waals surface area contributed by atoms with Crippen molar-refractivity contribution in [1.29, 1.82) is 0 Å². The second-order valence-corrected chi connectivity index (χ2v) is 8.42. The van der Waals surface area contributed by atoms with E-state index in [0.717, 1.165) is 35.5 Å². The number of halogens is 1. The van der Waals surface area contributed by atoms with Crippen LogP contribution < -0.4 is 5.32 Å². The normalized spacial score (nSPS) is 17.3. The van der Waals surface area contributed by atoms with Gasteiger partial charge in [0.1, 0.15) is 0 Å². The Bertz CT molecular complexity index is 848. The van der Waals surface area contributed by atoms with Gasteiger partial charge in [-0.2, -0.15) is 0 Å². The van der Waals surface area contributed by atoms with Gasteiger partial charge in [-0.15, -0.1) is 47.1 Å². The van der Waals surface area contributed by atoms with Gasteiger partial charge in [-0.1, -0.05) is 18.2 Å². The zero-order valence-corrected chi connectivity index (χ0v) is 19.2. The van der Waals surface area contributed by atoms with Crippen molar-refractivity contribution in [3.05, 3.63) is 53.8 Å². The SMILES string of the molecule is CN=C(NCc1cn2ccsc2n1)N1CCC(CSc2ccccc2)C1.I. The summed E-state index contributed by atoms with van der Waals surface area (Å²) in [5.74, 6) is 2.85. The fourth-order valence-electron chi connectivity index (χ4n) is 3.26. The van der Waals surface area contributed by atoms with Gasteiger partial charge < -0.3 is 10.2 Å². The van der Waals surface area contributed by atoms with Crippen LogP contribution in [0.5, 0.6) is 0 Å². The minimum atomic E-state index is 0. The molecule has 4 rings (SSSR count). The van der Waals surface area contributed by atoms with E-state index in [4.69, 9.17) is 0 Å². The van der Waals surface area contributed by atoms with E-state index in [1.54, 1.807) is 11.3 Å². The van der Waals surface area contributed by atoms with Crippen LogP contribution in [0.4, 0.5) is 0 Å². The zero-order chi connectivity index (χ0) is 17.8. The maximum Gasteiger partial charge on any atom is 0.193 e. The summed E-state index contributed by atoms with van der Waals surface area (Å²) in [7, 11) is 1.86. The lowest BCUT2D eigenvalue weighted by Crippen LogP contribution is -2.39. The number of guanidine groups is 1. The summed E-state index contributed by atoms with van der Waals surface area (Å²) >= 11 is 3.61. The second kappa shape index (κ2) is 9.79. The van der Waals surface area contributed by atoms with Crippen molar-refractivity contribution in [2.45, 2.75) is 17.9 Å². The number of thiazole rings is 1. The summed E-state index contributed by atoms with van der Waals surface area (Å²) in [6.45, 7) is 2.84. The number of hydrogen-bond donors (Lipinski definition) is 1. The largest absolute Gasteiger partial charge is 0.351 e. The Labute approximate surface area is 185 Å². The van der Waals surface area contributed by atoms with Gasteiger partial charge in [-0.25, -0.2) is 4.98 Å². The van der Waals surface area contributed by atoms with E-state index in [2.05, 4.69) is 66.5 Å². The molecule has 1 aliphatic heterocycles. The second-order valence-electron chi connectivity index (χ2n) is 6.45. The molecule has 1 saturated heterocycles. The van der Waals surface area contributed by atoms with E-state index >= 15 is 0 Å². The molecule has 144 valence electrons. The number of hydrogen-bond acceptors (Lipinski definition) is 4. The molecule has 1 unspecified atom stereocenters. The topological polar surface area (TPSA) is 44.9 Å². The lowest BCUT2D eigenvalue weighted by molar-refractivity contribution is 0.474. The van der Waals surface area contributed by atoms with Crippen LogP contribution in [0.2, 0.25) is 0 Å².